The SMILES string of the molecule is CCc1c(N)ncnc1NC(C)C(=O)NCC(C)C. The van der Waals surface area contributed by atoms with Crippen molar-refractivity contribution in [3.8, 4) is 0 Å². The van der Waals surface area contributed by atoms with Crippen LogP contribution in [-0.4, -0.2) is 28.5 Å². The first-order chi connectivity index (χ1) is 8.95. The third-order valence-electron chi connectivity index (χ3n) is 2.76. The summed E-state index contributed by atoms with van der Waals surface area (Å²) in [7, 11) is 0. The first-order valence-corrected chi connectivity index (χ1v) is 6.59. The fourth-order valence-electron chi connectivity index (χ4n) is 1.63. The van der Waals surface area contributed by atoms with Crippen molar-refractivity contribution < 1.29 is 4.79 Å². The van der Waals surface area contributed by atoms with Crippen LogP contribution in [0.25, 0.3) is 0 Å². The average Bonchev–Trinajstić information content (AvgIpc) is 2.36. The van der Waals surface area contributed by atoms with Gasteiger partial charge in [0.1, 0.15) is 24.0 Å². The molecule has 0 aliphatic heterocycles. The van der Waals surface area contributed by atoms with Gasteiger partial charge in [0.15, 0.2) is 0 Å². The van der Waals surface area contributed by atoms with Crippen LogP contribution in [0.1, 0.15) is 33.3 Å². The van der Waals surface area contributed by atoms with Crippen LogP contribution >= 0.6 is 0 Å². The third-order valence-corrected chi connectivity index (χ3v) is 2.76. The van der Waals surface area contributed by atoms with E-state index in [9.17, 15) is 4.79 Å². The predicted octanol–water partition coefficient (Wildman–Crippen LogP) is 1.19. The van der Waals surface area contributed by atoms with Crippen molar-refractivity contribution in [2.24, 2.45) is 5.92 Å². The van der Waals surface area contributed by atoms with Gasteiger partial charge in [-0.05, 0) is 19.3 Å². The summed E-state index contributed by atoms with van der Waals surface area (Å²) in [6.07, 6.45) is 2.12. The van der Waals surface area contributed by atoms with Crippen LogP contribution in [0, 0.1) is 5.92 Å². The number of nitrogens with zero attached hydrogens (tertiary/aromatic N) is 2. The zero-order chi connectivity index (χ0) is 14.4. The van der Waals surface area contributed by atoms with Gasteiger partial charge in [-0.25, -0.2) is 9.97 Å². The molecule has 0 saturated carbocycles. The van der Waals surface area contributed by atoms with Crippen molar-refractivity contribution in [3.05, 3.63) is 11.9 Å². The second-order valence-corrected chi connectivity index (χ2v) is 4.94. The van der Waals surface area contributed by atoms with E-state index in [0.717, 1.165) is 12.0 Å². The molecule has 0 aliphatic carbocycles. The Bertz CT molecular complexity index is 433. The van der Waals surface area contributed by atoms with Crippen LogP contribution in [0.15, 0.2) is 6.33 Å². The number of anilines is 2. The fraction of sp³-hybridized carbons (Fsp3) is 0.615. The summed E-state index contributed by atoms with van der Waals surface area (Å²) in [5, 5.41) is 5.96. The number of carbonyl (C=O) groups excluding carboxylic acids is 1. The van der Waals surface area contributed by atoms with Gasteiger partial charge in [-0.2, -0.15) is 0 Å². The lowest BCUT2D eigenvalue weighted by Crippen LogP contribution is -2.39. The topological polar surface area (TPSA) is 92.9 Å². The molecule has 0 aliphatic rings. The van der Waals surface area contributed by atoms with Crippen LogP contribution in [0.3, 0.4) is 0 Å². The molecule has 1 heterocycles. The van der Waals surface area contributed by atoms with E-state index in [2.05, 4.69) is 34.4 Å². The van der Waals surface area contributed by atoms with Gasteiger partial charge in [0.25, 0.3) is 0 Å². The van der Waals surface area contributed by atoms with E-state index >= 15 is 0 Å². The Balaban J connectivity index is 2.69. The standard InChI is InChI=1S/C13H23N5O/c1-5-10-11(14)16-7-17-12(10)18-9(4)13(19)15-6-8(2)3/h7-9H,5-6H2,1-4H3,(H,15,19)(H3,14,16,17,18). The van der Waals surface area contributed by atoms with Crippen molar-refractivity contribution in [2.45, 2.75) is 40.2 Å². The van der Waals surface area contributed by atoms with Gasteiger partial charge < -0.3 is 16.4 Å². The summed E-state index contributed by atoms with van der Waals surface area (Å²) >= 11 is 0. The number of nitrogen functional groups attached to an aromatic ring is 1. The minimum Gasteiger partial charge on any atom is -0.383 e. The minimum absolute atomic E-state index is 0.0482. The number of nitrogens with one attached hydrogen (secondary N) is 2. The number of nitrogens with two attached hydrogens (primary N) is 1. The molecular formula is C13H23N5O. The largest absolute Gasteiger partial charge is 0.383 e. The van der Waals surface area contributed by atoms with E-state index in [1.165, 1.54) is 6.33 Å². The molecule has 0 saturated heterocycles. The molecule has 0 spiro atoms. The molecule has 1 aromatic heterocycles. The predicted molar refractivity (Wildman–Crippen MR) is 76.8 cm³/mol. The van der Waals surface area contributed by atoms with Crippen molar-refractivity contribution in [2.75, 3.05) is 17.6 Å². The Morgan fingerprint density at radius 3 is 2.63 bits per heavy atom. The van der Waals surface area contributed by atoms with Crippen molar-refractivity contribution in [1.82, 2.24) is 15.3 Å². The van der Waals surface area contributed by atoms with Gasteiger partial charge in [0, 0.05) is 12.1 Å². The zero-order valence-corrected chi connectivity index (χ0v) is 12.0. The quantitative estimate of drug-likeness (QED) is 0.718. The zero-order valence-electron chi connectivity index (χ0n) is 12.0. The molecule has 4 N–H and O–H groups in total. The number of hydrogen-bond donors (Lipinski definition) is 3. The van der Waals surface area contributed by atoms with Crippen LogP contribution in [0.4, 0.5) is 11.6 Å². The highest BCUT2D eigenvalue weighted by molar-refractivity contribution is 5.84. The van der Waals surface area contributed by atoms with E-state index < -0.39 is 0 Å². The molecule has 6 heteroatoms. The summed E-state index contributed by atoms with van der Waals surface area (Å²) in [6.45, 7) is 8.55. The molecule has 1 atom stereocenters. The molecule has 0 aromatic carbocycles. The number of amides is 1. The highest BCUT2D eigenvalue weighted by Crippen LogP contribution is 2.18. The first-order valence-electron chi connectivity index (χ1n) is 6.59. The summed E-state index contributed by atoms with van der Waals surface area (Å²) in [4.78, 5) is 20.0. The van der Waals surface area contributed by atoms with Crippen LogP contribution < -0.4 is 16.4 Å². The van der Waals surface area contributed by atoms with Crippen molar-refractivity contribution >= 4 is 17.5 Å². The van der Waals surface area contributed by atoms with E-state index in [4.69, 9.17) is 5.73 Å². The maximum atomic E-state index is 11.9. The lowest BCUT2D eigenvalue weighted by molar-refractivity contribution is -0.121. The number of hydrogen-bond acceptors (Lipinski definition) is 5. The van der Waals surface area contributed by atoms with Gasteiger partial charge in [-0.1, -0.05) is 20.8 Å². The van der Waals surface area contributed by atoms with Gasteiger partial charge in [0.05, 0.1) is 0 Å². The lowest BCUT2D eigenvalue weighted by atomic mass is 10.2. The highest BCUT2D eigenvalue weighted by atomic mass is 16.2. The Hall–Kier alpha value is -1.85. The normalized spacial score (nSPS) is 12.3. The molecule has 1 unspecified atom stereocenters. The summed E-state index contributed by atoms with van der Waals surface area (Å²) in [5.74, 6) is 1.46. The molecule has 0 radical (unpaired) electrons. The monoisotopic (exact) mass is 265 g/mol. The molecule has 1 rings (SSSR count). The molecule has 0 bridgehead atoms. The summed E-state index contributed by atoms with van der Waals surface area (Å²) < 4.78 is 0. The van der Waals surface area contributed by atoms with Gasteiger partial charge >= 0.3 is 0 Å². The minimum atomic E-state index is -0.363. The fourth-order valence-corrected chi connectivity index (χ4v) is 1.63. The Labute approximate surface area is 114 Å². The van der Waals surface area contributed by atoms with Crippen LogP contribution in [-0.2, 0) is 11.2 Å². The second-order valence-electron chi connectivity index (χ2n) is 4.94. The van der Waals surface area contributed by atoms with Gasteiger partial charge in [-0.3, -0.25) is 4.79 Å². The number of rotatable bonds is 6. The van der Waals surface area contributed by atoms with E-state index in [1.807, 2.05) is 6.92 Å². The van der Waals surface area contributed by atoms with Gasteiger partial charge in [-0.15, -0.1) is 0 Å². The van der Waals surface area contributed by atoms with Crippen LogP contribution in [0.5, 0.6) is 0 Å². The average molecular weight is 265 g/mol. The van der Waals surface area contributed by atoms with E-state index in [0.29, 0.717) is 24.1 Å². The Kier molecular flexibility index (Phi) is 5.54. The first kappa shape index (κ1) is 15.2. The number of carbonyl (C=O) groups is 1. The molecule has 1 amide bonds. The lowest BCUT2D eigenvalue weighted by Gasteiger charge is -2.17. The number of aromatic nitrogens is 2. The molecule has 1 aromatic rings. The molecule has 106 valence electrons. The van der Waals surface area contributed by atoms with Crippen molar-refractivity contribution in [3.63, 3.8) is 0 Å². The summed E-state index contributed by atoms with van der Waals surface area (Å²) in [5.41, 5.74) is 6.63. The molecule has 6 nitrogen and oxygen atoms in total. The Morgan fingerprint density at radius 2 is 2.05 bits per heavy atom. The maximum Gasteiger partial charge on any atom is 0.242 e. The second kappa shape index (κ2) is 6.92. The van der Waals surface area contributed by atoms with E-state index in [-0.39, 0.29) is 11.9 Å². The maximum absolute atomic E-state index is 11.9. The summed E-state index contributed by atoms with van der Waals surface area (Å²) in [6, 6.07) is -0.363. The van der Waals surface area contributed by atoms with E-state index in [1.54, 1.807) is 6.92 Å². The third kappa shape index (κ3) is 4.39. The Morgan fingerprint density at radius 1 is 1.37 bits per heavy atom. The molecular weight excluding hydrogens is 242 g/mol. The highest BCUT2D eigenvalue weighted by Gasteiger charge is 2.15. The van der Waals surface area contributed by atoms with Gasteiger partial charge in [0.2, 0.25) is 5.91 Å². The smallest absolute Gasteiger partial charge is 0.242 e. The van der Waals surface area contributed by atoms with Crippen molar-refractivity contribution in [1.29, 1.82) is 0 Å². The van der Waals surface area contributed by atoms with Crippen LogP contribution in [0.2, 0.25) is 0 Å². The molecule has 19 heavy (non-hydrogen) atoms. The molecule has 0 fully saturated rings.